The summed E-state index contributed by atoms with van der Waals surface area (Å²) in [4.78, 5) is 36.4. The first-order valence-corrected chi connectivity index (χ1v) is 11.3. The molecule has 2 aliphatic rings. The van der Waals surface area contributed by atoms with E-state index in [9.17, 15) is 24.6 Å². The summed E-state index contributed by atoms with van der Waals surface area (Å²) >= 11 is 0. The number of aliphatic hydroxyl groups is 1. The van der Waals surface area contributed by atoms with Gasteiger partial charge in [0.1, 0.15) is 12.6 Å². The van der Waals surface area contributed by atoms with Crippen LogP contribution in [-0.2, 0) is 19.1 Å². The van der Waals surface area contributed by atoms with E-state index >= 15 is 0 Å². The molecule has 2 amide bonds. The lowest BCUT2D eigenvalue weighted by atomic mass is 9.94. The third kappa shape index (κ3) is 5.37. The molecule has 1 saturated heterocycles. The molecule has 9 nitrogen and oxygen atoms in total. The summed E-state index contributed by atoms with van der Waals surface area (Å²) in [5.41, 5.74) is 3.13. The van der Waals surface area contributed by atoms with Crippen molar-refractivity contribution in [3.63, 3.8) is 0 Å². The van der Waals surface area contributed by atoms with E-state index in [1.54, 1.807) is 0 Å². The molecule has 1 aliphatic heterocycles. The summed E-state index contributed by atoms with van der Waals surface area (Å²) in [7, 11) is 0. The lowest BCUT2D eigenvalue weighted by Gasteiger charge is -2.32. The summed E-state index contributed by atoms with van der Waals surface area (Å²) < 4.78 is 10.6. The molecule has 0 spiro atoms. The number of amides is 2. The monoisotopic (exact) mass is 468 g/mol. The number of fused-ring (bicyclic) bond motifs is 3. The highest BCUT2D eigenvalue weighted by Crippen LogP contribution is 2.44. The standard InChI is InChI=1S/C25H28N2O7/c28-22(29)13-21(23(30)26-15-25(32)9-11-33-12-10-25)27-24(31)34-14-20-18-7-3-1-5-16(18)17-6-2-4-8-19(17)20/h1-8,20-21,32H,9-15H2,(H,26,30)(H,27,31)(H,28,29). The Labute approximate surface area is 197 Å². The SMILES string of the molecule is O=C(O)CC(NC(=O)OCC1c2ccccc2-c2ccccc21)C(=O)NCC1(O)CCOCC1. The van der Waals surface area contributed by atoms with Crippen LogP contribution in [0.15, 0.2) is 48.5 Å². The molecule has 1 aliphatic carbocycles. The van der Waals surface area contributed by atoms with Crippen molar-refractivity contribution in [3.8, 4) is 11.1 Å². The smallest absolute Gasteiger partial charge is 0.407 e. The van der Waals surface area contributed by atoms with Gasteiger partial charge in [0.2, 0.25) is 5.91 Å². The molecule has 1 unspecified atom stereocenters. The van der Waals surface area contributed by atoms with Crippen LogP contribution in [0.3, 0.4) is 0 Å². The van der Waals surface area contributed by atoms with E-state index in [0.29, 0.717) is 26.1 Å². The first kappa shape index (κ1) is 23.7. The number of carboxylic acids is 1. The lowest BCUT2D eigenvalue weighted by molar-refractivity contribution is -0.140. The maximum Gasteiger partial charge on any atom is 0.407 e. The summed E-state index contributed by atoms with van der Waals surface area (Å²) in [6.45, 7) is 0.741. The van der Waals surface area contributed by atoms with Crippen molar-refractivity contribution in [1.29, 1.82) is 0 Å². The average molecular weight is 469 g/mol. The van der Waals surface area contributed by atoms with Gasteiger partial charge in [-0.15, -0.1) is 0 Å². The van der Waals surface area contributed by atoms with Crippen LogP contribution < -0.4 is 10.6 Å². The molecule has 180 valence electrons. The number of rotatable bonds is 8. The molecule has 4 N–H and O–H groups in total. The van der Waals surface area contributed by atoms with Crippen molar-refractivity contribution in [3.05, 3.63) is 59.7 Å². The van der Waals surface area contributed by atoms with E-state index < -0.39 is 36.0 Å². The van der Waals surface area contributed by atoms with Crippen LogP contribution >= 0.6 is 0 Å². The minimum absolute atomic E-state index is 0.0427. The number of ether oxygens (including phenoxy) is 2. The van der Waals surface area contributed by atoms with Gasteiger partial charge in [-0.1, -0.05) is 48.5 Å². The Morgan fingerprint density at radius 1 is 1.03 bits per heavy atom. The second kappa shape index (κ2) is 10.2. The van der Waals surface area contributed by atoms with Gasteiger partial charge in [0.05, 0.1) is 12.0 Å². The summed E-state index contributed by atoms with van der Waals surface area (Å²) in [6.07, 6.45) is -0.779. The van der Waals surface area contributed by atoms with Gasteiger partial charge in [-0.3, -0.25) is 9.59 Å². The molecule has 2 aromatic carbocycles. The fourth-order valence-corrected chi connectivity index (χ4v) is 4.47. The number of aliphatic carboxylic acids is 1. The third-order valence-electron chi connectivity index (χ3n) is 6.35. The van der Waals surface area contributed by atoms with E-state index in [1.165, 1.54) is 0 Å². The Morgan fingerprint density at radius 3 is 2.21 bits per heavy atom. The van der Waals surface area contributed by atoms with Crippen LogP contribution in [0.5, 0.6) is 0 Å². The molecule has 1 heterocycles. The topological polar surface area (TPSA) is 134 Å². The van der Waals surface area contributed by atoms with Crippen LogP contribution in [-0.4, -0.2) is 66.2 Å². The van der Waals surface area contributed by atoms with E-state index in [0.717, 1.165) is 22.3 Å². The van der Waals surface area contributed by atoms with Crippen molar-refractivity contribution >= 4 is 18.0 Å². The highest BCUT2D eigenvalue weighted by Gasteiger charge is 2.33. The first-order valence-electron chi connectivity index (χ1n) is 11.3. The Bertz CT molecular complexity index is 1020. The highest BCUT2D eigenvalue weighted by molar-refractivity contribution is 5.89. The van der Waals surface area contributed by atoms with E-state index in [1.807, 2.05) is 48.5 Å². The number of alkyl carbamates (subject to hydrolysis) is 1. The fourth-order valence-electron chi connectivity index (χ4n) is 4.47. The fraction of sp³-hybridized carbons (Fsp3) is 0.400. The van der Waals surface area contributed by atoms with Gasteiger partial charge in [0.15, 0.2) is 0 Å². The molecule has 0 saturated carbocycles. The van der Waals surface area contributed by atoms with Crippen LogP contribution in [0, 0.1) is 0 Å². The lowest BCUT2D eigenvalue weighted by Crippen LogP contribution is -2.53. The van der Waals surface area contributed by atoms with Gasteiger partial charge in [-0.25, -0.2) is 4.79 Å². The molecule has 2 aromatic rings. The van der Waals surface area contributed by atoms with E-state index in [4.69, 9.17) is 9.47 Å². The molecule has 9 heteroatoms. The second-order valence-corrected chi connectivity index (χ2v) is 8.67. The van der Waals surface area contributed by atoms with Gasteiger partial charge in [-0.05, 0) is 22.3 Å². The van der Waals surface area contributed by atoms with Crippen molar-refractivity contribution in [2.75, 3.05) is 26.4 Å². The van der Waals surface area contributed by atoms with Crippen LogP contribution in [0.1, 0.15) is 36.3 Å². The Balaban J connectivity index is 1.37. The number of carbonyl (C=O) groups is 3. The summed E-state index contributed by atoms with van der Waals surface area (Å²) in [5.74, 6) is -2.10. The number of carbonyl (C=O) groups excluding carboxylic acids is 2. The zero-order valence-corrected chi connectivity index (χ0v) is 18.7. The number of benzene rings is 2. The van der Waals surface area contributed by atoms with Gasteiger partial charge in [0.25, 0.3) is 0 Å². The molecule has 34 heavy (non-hydrogen) atoms. The van der Waals surface area contributed by atoms with Crippen LogP contribution in [0.4, 0.5) is 4.79 Å². The molecule has 0 aromatic heterocycles. The number of nitrogens with one attached hydrogen (secondary N) is 2. The third-order valence-corrected chi connectivity index (χ3v) is 6.35. The Morgan fingerprint density at radius 2 is 1.62 bits per heavy atom. The quantitative estimate of drug-likeness (QED) is 0.466. The largest absolute Gasteiger partial charge is 0.481 e. The summed E-state index contributed by atoms with van der Waals surface area (Å²) in [5, 5.41) is 24.6. The van der Waals surface area contributed by atoms with Crippen molar-refractivity contribution in [1.82, 2.24) is 10.6 Å². The zero-order valence-electron chi connectivity index (χ0n) is 18.7. The molecular formula is C25H28N2O7. The minimum Gasteiger partial charge on any atom is -0.481 e. The molecule has 1 fully saturated rings. The van der Waals surface area contributed by atoms with Crippen LogP contribution in [0.25, 0.3) is 11.1 Å². The predicted octanol–water partition coefficient (Wildman–Crippen LogP) is 2.03. The molecule has 1 atom stereocenters. The molecular weight excluding hydrogens is 440 g/mol. The van der Waals surface area contributed by atoms with E-state index in [-0.39, 0.29) is 19.1 Å². The van der Waals surface area contributed by atoms with Gasteiger partial charge in [-0.2, -0.15) is 0 Å². The minimum atomic E-state index is -1.34. The second-order valence-electron chi connectivity index (χ2n) is 8.67. The Kier molecular flexibility index (Phi) is 7.14. The number of hydrogen-bond acceptors (Lipinski definition) is 6. The maximum absolute atomic E-state index is 12.6. The number of hydrogen-bond donors (Lipinski definition) is 4. The summed E-state index contributed by atoms with van der Waals surface area (Å²) in [6, 6.07) is 14.5. The predicted molar refractivity (Wildman–Crippen MR) is 122 cm³/mol. The Hall–Kier alpha value is -3.43. The zero-order chi connectivity index (χ0) is 24.1. The van der Waals surface area contributed by atoms with Crippen molar-refractivity contribution in [2.24, 2.45) is 0 Å². The molecule has 4 rings (SSSR count). The van der Waals surface area contributed by atoms with Gasteiger partial charge in [0, 0.05) is 38.5 Å². The van der Waals surface area contributed by atoms with Crippen LogP contribution in [0.2, 0.25) is 0 Å². The average Bonchev–Trinajstić information content (AvgIpc) is 3.15. The van der Waals surface area contributed by atoms with Gasteiger partial charge < -0.3 is 30.3 Å². The molecule has 0 radical (unpaired) electrons. The van der Waals surface area contributed by atoms with Crippen molar-refractivity contribution < 1.29 is 34.1 Å². The van der Waals surface area contributed by atoms with Crippen molar-refractivity contribution in [2.45, 2.75) is 36.8 Å². The van der Waals surface area contributed by atoms with Gasteiger partial charge >= 0.3 is 12.1 Å². The first-order chi connectivity index (χ1) is 16.4. The maximum atomic E-state index is 12.6. The number of carboxylic acid groups (broad SMARTS) is 1. The van der Waals surface area contributed by atoms with E-state index in [2.05, 4.69) is 10.6 Å². The normalized spacial score (nSPS) is 17.2. The highest BCUT2D eigenvalue weighted by atomic mass is 16.5. The molecule has 0 bridgehead atoms.